The first-order chi connectivity index (χ1) is 10.7. The average Bonchev–Trinajstić information content (AvgIpc) is 3.24. The van der Waals surface area contributed by atoms with E-state index in [1.54, 1.807) is 12.5 Å². The van der Waals surface area contributed by atoms with E-state index in [1.165, 1.54) is 0 Å². The van der Waals surface area contributed by atoms with Crippen molar-refractivity contribution >= 4 is 17.1 Å². The largest absolute Gasteiger partial charge is 0.349 e. The molecule has 3 aromatic rings. The molecule has 5 heteroatoms. The number of rotatable bonds is 3. The molecule has 0 saturated heterocycles. The molecule has 1 aromatic carbocycles. The zero-order chi connectivity index (χ0) is 15.1. The summed E-state index contributed by atoms with van der Waals surface area (Å²) < 4.78 is 1.93. The van der Waals surface area contributed by atoms with Gasteiger partial charge >= 0.3 is 0 Å². The fourth-order valence-electron chi connectivity index (χ4n) is 2.65. The van der Waals surface area contributed by atoms with Crippen molar-refractivity contribution < 1.29 is 4.79 Å². The van der Waals surface area contributed by atoms with Crippen LogP contribution in [0.5, 0.6) is 0 Å². The van der Waals surface area contributed by atoms with E-state index in [4.69, 9.17) is 0 Å². The summed E-state index contributed by atoms with van der Waals surface area (Å²) in [5, 5.41) is 3.04. The van der Waals surface area contributed by atoms with Crippen LogP contribution < -0.4 is 5.32 Å². The molecular weight excluding hydrogens is 276 g/mol. The van der Waals surface area contributed by atoms with Crippen LogP contribution in [-0.4, -0.2) is 26.5 Å². The summed E-state index contributed by atoms with van der Waals surface area (Å²) in [6.45, 7) is 1.96. The number of benzene rings is 1. The van der Waals surface area contributed by atoms with Gasteiger partial charge in [0.25, 0.3) is 5.91 Å². The number of imidazole rings is 1. The van der Waals surface area contributed by atoms with Crippen LogP contribution in [0.15, 0.2) is 42.9 Å². The second-order valence-electron chi connectivity index (χ2n) is 5.66. The number of carbonyl (C=O) groups is 1. The van der Waals surface area contributed by atoms with E-state index < -0.39 is 0 Å². The molecule has 2 heterocycles. The lowest BCUT2D eigenvalue weighted by atomic mass is 10.1. The number of carbonyl (C=O) groups excluding carboxylic acids is 1. The zero-order valence-corrected chi connectivity index (χ0v) is 12.3. The van der Waals surface area contributed by atoms with E-state index in [1.807, 2.05) is 41.8 Å². The number of hydrogen-bond donors (Lipinski definition) is 1. The Labute approximate surface area is 128 Å². The topological polar surface area (TPSA) is 59.8 Å². The van der Waals surface area contributed by atoms with Gasteiger partial charge in [0.05, 0.1) is 5.69 Å². The van der Waals surface area contributed by atoms with Gasteiger partial charge in [-0.1, -0.05) is 6.07 Å². The number of aromatic nitrogens is 3. The quantitative estimate of drug-likeness (QED) is 0.807. The third-order valence-corrected chi connectivity index (χ3v) is 4.03. The summed E-state index contributed by atoms with van der Waals surface area (Å²) >= 11 is 0. The minimum atomic E-state index is -0.000713. The van der Waals surface area contributed by atoms with Gasteiger partial charge in [-0.15, -0.1) is 0 Å². The van der Waals surface area contributed by atoms with E-state index in [2.05, 4.69) is 15.3 Å². The van der Waals surface area contributed by atoms with Crippen LogP contribution in [0.25, 0.3) is 16.9 Å². The highest BCUT2D eigenvalue weighted by molar-refractivity contribution is 5.97. The maximum absolute atomic E-state index is 12.3. The number of fused-ring (bicyclic) bond motifs is 1. The molecule has 0 atom stereocenters. The van der Waals surface area contributed by atoms with Gasteiger partial charge in [-0.05, 0) is 49.6 Å². The Kier molecular flexibility index (Phi) is 2.92. The summed E-state index contributed by atoms with van der Waals surface area (Å²) in [6, 6.07) is 9.90. The number of hydrogen-bond acceptors (Lipinski definition) is 3. The molecule has 1 saturated carbocycles. The third kappa shape index (κ3) is 2.15. The molecule has 5 nitrogen and oxygen atoms in total. The predicted octanol–water partition coefficient (Wildman–Crippen LogP) is 2.62. The Morgan fingerprint density at radius 3 is 2.91 bits per heavy atom. The van der Waals surface area contributed by atoms with Gasteiger partial charge in [-0.25, -0.2) is 9.97 Å². The van der Waals surface area contributed by atoms with E-state index in [-0.39, 0.29) is 5.91 Å². The van der Waals surface area contributed by atoms with Gasteiger partial charge in [0.1, 0.15) is 11.8 Å². The van der Waals surface area contributed by atoms with Crippen molar-refractivity contribution in [1.82, 2.24) is 19.9 Å². The molecule has 0 spiro atoms. The molecule has 1 aliphatic carbocycles. The molecule has 1 amide bonds. The van der Waals surface area contributed by atoms with E-state index in [9.17, 15) is 4.79 Å². The smallest absolute Gasteiger partial charge is 0.251 e. The van der Waals surface area contributed by atoms with Crippen molar-refractivity contribution in [3.8, 4) is 5.69 Å². The molecule has 1 fully saturated rings. The fourth-order valence-corrected chi connectivity index (χ4v) is 2.65. The Morgan fingerprint density at radius 2 is 2.09 bits per heavy atom. The number of pyridine rings is 1. The predicted molar refractivity (Wildman–Crippen MR) is 84.1 cm³/mol. The minimum Gasteiger partial charge on any atom is -0.349 e. The monoisotopic (exact) mass is 292 g/mol. The first kappa shape index (κ1) is 13.0. The molecule has 0 radical (unpaired) electrons. The Hall–Kier alpha value is -2.69. The normalized spacial score (nSPS) is 14.2. The molecule has 22 heavy (non-hydrogen) atoms. The second-order valence-corrected chi connectivity index (χ2v) is 5.66. The Morgan fingerprint density at radius 1 is 1.23 bits per heavy atom. The molecule has 1 N–H and O–H groups in total. The van der Waals surface area contributed by atoms with Crippen molar-refractivity contribution in [1.29, 1.82) is 0 Å². The highest BCUT2D eigenvalue weighted by atomic mass is 16.1. The lowest BCUT2D eigenvalue weighted by molar-refractivity contribution is 0.0950. The second kappa shape index (κ2) is 4.94. The van der Waals surface area contributed by atoms with Gasteiger partial charge in [0.2, 0.25) is 0 Å². The molecule has 0 bridgehead atoms. The summed E-state index contributed by atoms with van der Waals surface area (Å²) in [4.78, 5) is 21.1. The molecular formula is C17H16N4O. The minimum absolute atomic E-state index is 0.000713. The average molecular weight is 292 g/mol. The van der Waals surface area contributed by atoms with Crippen molar-refractivity contribution in [2.24, 2.45) is 0 Å². The van der Waals surface area contributed by atoms with Crippen LogP contribution >= 0.6 is 0 Å². The fraction of sp³-hybridized carbons (Fsp3) is 0.235. The first-order valence-electron chi connectivity index (χ1n) is 7.43. The van der Waals surface area contributed by atoms with Gasteiger partial charge in [0, 0.05) is 17.8 Å². The Balaban J connectivity index is 1.80. The molecule has 4 rings (SSSR count). The standard InChI is InChI=1S/C17H16N4O/c1-11-13(17(22)20-12-7-8-12)4-2-6-15(11)21-10-19-14-5-3-9-18-16(14)21/h2-6,9-10,12H,7-8H2,1H3,(H,20,22). The zero-order valence-electron chi connectivity index (χ0n) is 12.3. The van der Waals surface area contributed by atoms with Crippen LogP contribution in [0.2, 0.25) is 0 Å². The Bertz CT molecular complexity index is 864. The van der Waals surface area contributed by atoms with Crippen LogP contribution in [0.1, 0.15) is 28.8 Å². The van der Waals surface area contributed by atoms with Gasteiger partial charge in [-0.3, -0.25) is 9.36 Å². The number of amides is 1. The SMILES string of the molecule is Cc1c(C(=O)NC2CC2)cccc1-n1cnc2cccnc21. The van der Waals surface area contributed by atoms with E-state index in [0.29, 0.717) is 11.6 Å². The first-order valence-corrected chi connectivity index (χ1v) is 7.43. The maximum atomic E-state index is 12.3. The van der Waals surface area contributed by atoms with Crippen molar-refractivity contribution in [3.05, 3.63) is 54.0 Å². The van der Waals surface area contributed by atoms with Gasteiger partial charge in [-0.2, -0.15) is 0 Å². The maximum Gasteiger partial charge on any atom is 0.251 e. The lowest BCUT2D eigenvalue weighted by Gasteiger charge is -2.12. The van der Waals surface area contributed by atoms with Gasteiger partial charge in [0.15, 0.2) is 5.65 Å². The van der Waals surface area contributed by atoms with Crippen LogP contribution in [0, 0.1) is 6.92 Å². The molecule has 0 unspecified atom stereocenters. The lowest BCUT2D eigenvalue weighted by Crippen LogP contribution is -2.26. The highest BCUT2D eigenvalue weighted by Crippen LogP contribution is 2.24. The molecule has 2 aromatic heterocycles. The van der Waals surface area contributed by atoms with Crippen molar-refractivity contribution in [3.63, 3.8) is 0 Å². The molecule has 1 aliphatic rings. The van der Waals surface area contributed by atoms with Crippen LogP contribution in [0.3, 0.4) is 0 Å². The van der Waals surface area contributed by atoms with Crippen LogP contribution in [-0.2, 0) is 0 Å². The third-order valence-electron chi connectivity index (χ3n) is 4.03. The summed E-state index contributed by atoms with van der Waals surface area (Å²) in [7, 11) is 0. The van der Waals surface area contributed by atoms with E-state index in [0.717, 1.165) is 35.3 Å². The molecule has 0 aliphatic heterocycles. The number of nitrogens with zero attached hydrogens (tertiary/aromatic N) is 3. The highest BCUT2D eigenvalue weighted by Gasteiger charge is 2.25. The molecule has 110 valence electrons. The summed E-state index contributed by atoms with van der Waals surface area (Å²) in [5.41, 5.74) is 4.22. The van der Waals surface area contributed by atoms with Crippen LogP contribution in [0.4, 0.5) is 0 Å². The van der Waals surface area contributed by atoms with Crippen molar-refractivity contribution in [2.45, 2.75) is 25.8 Å². The number of nitrogens with one attached hydrogen (secondary N) is 1. The van der Waals surface area contributed by atoms with E-state index >= 15 is 0 Å². The summed E-state index contributed by atoms with van der Waals surface area (Å²) in [5.74, 6) is -0.000713. The van der Waals surface area contributed by atoms with Crippen molar-refractivity contribution in [2.75, 3.05) is 0 Å². The van der Waals surface area contributed by atoms with Gasteiger partial charge < -0.3 is 5.32 Å². The summed E-state index contributed by atoms with van der Waals surface area (Å²) in [6.07, 6.45) is 5.67.